The largest absolute Gasteiger partial charge is 0.490 e. The fourth-order valence-electron chi connectivity index (χ4n) is 3.46. The Kier molecular flexibility index (Phi) is 9.51. The summed E-state index contributed by atoms with van der Waals surface area (Å²) in [6, 6.07) is 10.6. The zero-order chi connectivity index (χ0) is 26.9. The minimum absolute atomic E-state index is 0.170. The third kappa shape index (κ3) is 7.23. The number of rotatable bonds is 11. The van der Waals surface area contributed by atoms with Crippen LogP contribution in [-0.2, 0) is 25.5 Å². The number of thioether (sulfide) groups is 1. The Morgan fingerprint density at radius 3 is 2.51 bits per heavy atom. The fourth-order valence-corrected chi connectivity index (χ4v) is 4.30. The second-order valence-electron chi connectivity index (χ2n) is 7.98. The highest BCUT2D eigenvalue weighted by Crippen LogP contribution is 2.37. The first-order valence-electron chi connectivity index (χ1n) is 11.5. The van der Waals surface area contributed by atoms with Crippen LogP contribution in [0.1, 0.15) is 23.6 Å². The van der Waals surface area contributed by atoms with Gasteiger partial charge in [0.2, 0.25) is 5.91 Å². The maximum atomic E-state index is 13.0. The van der Waals surface area contributed by atoms with Crippen LogP contribution in [0.2, 0.25) is 0 Å². The van der Waals surface area contributed by atoms with E-state index in [0.29, 0.717) is 41.3 Å². The Hall–Kier alpha value is -4.05. The van der Waals surface area contributed by atoms with Gasteiger partial charge in [-0.05, 0) is 67.9 Å². The number of nitrogens with zero attached hydrogens (tertiary/aromatic N) is 1. The van der Waals surface area contributed by atoms with E-state index < -0.39 is 29.6 Å². The Labute approximate surface area is 219 Å². The van der Waals surface area contributed by atoms with E-state index in [4.69, 9.17) is 9.47 Å². The molecule has 194 valence electrons. The molecule has 1 fully saturated rings. The van der Waals surface area contributed by atoms with Gasteiger partial charge in [0, 0.05) is 11.3 Å². The molecule has 2 aromatic rings. The summed E-state index contributed by atoms with van der Waals surface area (Å²) in [5.41, 5.74) is 2.87. The number of nitrogens with one attached hydrogen (secondary N) is 1. The number of anilines is 1. The Morgan fingerprint density at radius 2 is 1.86 bits per heavy atom. The van der Waals surface area contributed by atoms with Crippen molar-refractivity contribution in [3.05, 3.63) is 70.6 Å². The second-order valence-corrected chi connectivity index (χ2v) is 8.97. The van der Waals surface area contributed by atoms with Crippen LogP contribution in [-0.4, -0.2) is 54.8 Å². The number of carbonyl (C=O) groups is 4. The molecule has 0 spiro atoms. The average molecular weight is 525 g/mol. The first kappa shape index (κ1) is 27.5. The van der Waals surface area contributed by atoms with Crippen LogP contribution in [0, 0.1) is 6.92 Å². The maximum Gasteiger partial charge on any atom is 0.343 e. The predicted octanol–water partition coefficient (Wildman–Crippen LogP) is 4.35. The van der Waals surface area contributed by atoms with E-state index in [2.05, 4.69) is 16.6 Å². The van der Waals surface area contributed by atoms with Crippen molar-refractivity contribution in [3.63, 3.8) is 0 Å². The number of allylic oxidation sites excluding steroid dienone is 1. The van der Waals surface area contributed by atoms with Crippen molar-refractivity contribution in [3.8, 4) is 11.5 Å². The second kappa shape index (κ2) is 12.8. The Bertz CT molecular complexity index is 1240. The summed E-state index contributed by atoms with van der Waals surface area (Å²) >= 11 is 0.752. The molecule has 2 aromatic carbocycles. The molecule has 1 heterocycles. The molecule has 0 radical (unpaired) electrons. The first-order valence-corrected chi connectivity index (χ1v) is 12.3. The molecule has 0 aromatic heterocycles. The number of benzene rings is 2. The van der Waals surface area contributed by atoms with Crippen LogP contribution in [0.5, 0.6) is 11.5 Å². The summed E-state index contributed by atoms with van der Waals surface area (Å²) in [5.74, 6) is -0.857. The fraction of sp³-hybridized carbons (Fsp3) is 0.259. The van der Waals surface area contributed by atoms with Gasteiger partial charge in [-0.1, -0.05) is 23.8 Å². The number of carbonyl (C=O) groups excluding carboxylic acids is 4. The lowest BCUT2D eigenvalue weighted by atomic mass is 10.0. The molecule has 0 bridgehead atoms. The molecule has 0 unspecified atom stereocenters. The van der Waals surface area contributed by atoms with Gasteiger partial charge in [-0.3, -0.25) is 19.3 Å². The van der Waals surface area contributed by atoms with E-state index >= 15 is 0 Å². The number of methoxy groups -OCH3 is 1. The number of hydrogen-bond donors (Lipinski definition) is 1. The highest BCUT2D eigenvalue weighted by Gasteiger charge is 2.36. The van der Waals surface area contributed by atoms with E-state index in [1.165, 1.54) is 7.11 Å². The minimum atomic E-state index is -0.566. The summed E-state index contributed by atoms with van der Waals surface area (Å²) < 4.78 is 16.0. The van der Waals surface area contributed by atoms with Gasteiger partial charge in [-0.2, -0.15) is 0 Å². The molecule has 9 nitrogen and oxygen atoms in total. The molecule has 10 heteroatoms. The molecule has 3 rings (SSSR count). The lowest BCUT2D eigenvalue weighted by Gasteiger charge is -2.16. The van der Waals surface area contributed by atoms with Gasteiger partial charge >= 0.3 is 5.97 Å². The third-order valence-electron chi connectivity index (χ3n) is 5.19. The molecule has 1 aliphatic heterocycles. The standard InChI is InChI=1S/C27H28N2O7S/c1-5-7-19-12-18(13-21(35-6-2)25(19)36-16-24(31)34-4)14-22-26(32)29(27(33)37-22)15-23(30)28-20-10-8-17(3)9-11-20/h5,8-14H,1,6-7,15-16H2,2-4H3,(H,28,30). The van der Waals surface area contributed by atoms with Gasteiger partial charge in [0.05, 0.1) is 18.6 Å². The zero-order valence-electron chi connectivity index (χ0n) is 20.9. The zero-order valence-corrected chi connectivity index (χ0v) is 21.7. The monoisotopic (exact) mass is 524 g/mol. The van der Waals surface area contributed by atoms with E-state index in [0.717, 1.165) is 22.2 Å². The lowest BCUT2D eigenvalue weighted by molar-refractivity contribution is -0.143. The molecule has 37 heavy (non-hydrogen) atoms. The number of aryl methyl sites for hydroxylation is 1. The predicted molar refractivity (Wildman–Crippen MR) is 142 cm³/mol. The van der Waals surface area contributed by atoms with Crippen molar-refractivity contribution < 1.29 is 33.4 Å². The molecule has 1 aliphatic rings. The lowest BCUT2D eigenvalue weighted by Crippen LogP contribution is -2.36. The number of imide groups is 1. The summed E-state index contributed by atoms with van der Waals surface area (Å²) in [6.07, 6.45) is 3.63. The number of hydrogen-bond acceptors (Lipinski definition) is 8. The molecular formula is C27H28N2O7S. The van der Waals surface area contributed by atoms with Crippen molar-refractivity contribution in [1.82, 2.24) is 4.90 Å². The van der Waals surface area contributed by atoms with E-state index in [1.807, 2.05) is 19.1 Å². The number of esters is 1. The van der Waals surface area contributed by atoms with E-state index in [-0.39, 0.29) is 11.5 Å². The van der Waals surface area contributed by atoms with Crippen LogP contribution in [0.15, 0.2) is 54.0 Å². The topological polar surface area (TPSA) is 111 Å². The van der Waals surface area contributed by atoms with Gasteiger partial charge < -0.3 is 19.5 Å². The molecule has 1 N–H and O–H groups in total. The van der Waals surface area contributed by atoms with Gasteiger partial charge in [0.25, 0.3) is 11.1 Å². The first-order chi connectivity index (χ1) is 17.7. The average Bonchev–Trinajstić information content (AvgIpc) is 3.12. The van der Waals surface area contributed by atoms with Crippen molar-refractivity contribution >= 4 is 46.5 Å². The van der Waals surface area contributed by atoms with Gasteiger partial charge in [-0.25, -0.2) is 4.79 Å². The van der Waals surface area contributed by atoms with E-state index in [9.17, 15) is 19.2 Å². The van der Waals surface area contributed by atoms with Crippen molar-refractivity contribution in [1.29, 1.82) is 0 Å². The summed E-state index contributed by atoms with van der Waals surface area (Å²) in [4.78, 5) is 50.6. The van der Waals surface area contributed by atoms with Crippen molar-refractivity contribution in [2.24, 2.45) is 0 Å². The molecule has 0 aliphatic carbocycles. The highest BCUT2D eigenvalue weighted by atomic mass is 32.2. The van der Waals surface area contributed by atoms with Gasteiger partial charge in [0.15, 0.2) is 18.1 Å². The van der Waals surface area contributed by atoms with Gasteiger partial charge in [0.1, 0.15) is 6.54 Å². The highest BCUT2D eigenvalue weighted by molar-refractivity contribution is 8.18. The molecular weight excluding hydrogens is 496 g/mol. The van der Waals surface area contributed by atoms with Crippen LogP contribution in [0.25, 0.3) is 6.08 Å². The third-order valence-corrected chi connectivity index (χ3v) is 6.10. The van der Waals surface area contributed by atoms with Crippen LogP contribution in [0.4, 0.5) is 10.5 Å². The molecule has 0 saturated carbocycles. The Morgan fingerprint density at radius 1 is 1.14 bits per heavy atom. The quantitative estimate of drug-likeness (QED) is 0.262. The summed E-state index contributed by atoms with van der Waals surface area (Å²) in [7, 11) is 1.27. The van der Waals surface area contributed by atoms with Crippen LogP contribution in [0.3, 0.4) is 0 Å². The minimum Gasteiger partial charge on any atom is -0.490 e. The van der Waals surface area contributed by atoms with Crippen LogP contribution >= 0.6 is 11.8 Å². The van der Waals surface area contributed by atoms with Crippen LogP contribution < -0.4 is 14.8 Å². The molecule has 1 saturated heterocycles. The normalized spacial score (nSPS) is 14.0. The SMILES string of the molecule is C=CCc1cc(C=C2SC(=O)N(CC(=O)Nc3ccc(C)cc3)C2=O)cc(OCC)c1OCC(=O)OC. The molecule has 3 amide bonds. The van der Waals surface area contributed by atoms with Crippen molar-refractivity contribution in [2.75, 3.05) is 32.2 Å². The Balaban J connectivity index is 1.82. The maximum absolute atomic E-state index is 13.0. The molecule has 0 atom stereocenters. The number of ether oxygens (including phenoxy) is 3. The van der Waals surface area contributed by atoms with Crippen molar-refractivity contribution in [2.45, 2.75) is 20.3 Å². The van der Waals surface area contributed by atoms with Gasteiger partial charge in [-0.15, -0.1) is 6.58 Å². The summed E-state index contributed by atoms with van der Waals surface area (Å²) in [6.45, 7) is 7.12. The number of amides is 3. The smallest absolute Gasteiger partial charge is 0.343 e. The summed E-state index contributed by atoms with van der Waals surface area (Å²) in [5, 5.41) is 2.15. The van der Waals surface area contributed by atoms with E-state index in [1.54, 1.807) is 43.3 Å².